The van der Waals surface area contributed by atoms with Gasteiger partial charge < -0.3 is 14.5 Å². The van der Waals surface area contributed by atoms with Gasteiger partial charge in [-0.05, 0) is 55.0 Å². The van der Waals surface area contributed by atoms with E-state index in [0.29, 0.717) is 22.4 Å². The Balaban J connectivity index is 1.78. The molecule has 4 rings (SSSR count). The molecule has 1 aliphatic carbocycles. The van der Waals surface area contributed by atoms with Gasteiger partial charge in [-0.1, -0.05) is 11.6 Å². The summed E-state index contributed by atoms with van der Waals surface area (Å²) >= 11 is 8.09. The summed E-state index contributed by atoms with van der Waals surface area (Å²) in [6, 6.07) is 5.46. The van der Waals surface area contributed by atoms with Crippen LogP contribution in [-0.4, -0.2) is 24.2 Å². The second-order valence-corrected chi connectivity index (χ2v) is 7.93. The molecule has 0 aliphatic heterocycles. The Labute approximate surface area is 165 Å². The Morgan fingerprint density at radius 2 is 1.89 bits per heavy atom. The fraction of sp³-hybridized carbons (Fsp3) is 0.300. The number of H-pyrrole nitrogens is 1. The monoisotopic (exact) mass is 402 g/mol. The quantitative estimate of drug-likeness (QED) is 0.691. The third-order valence-corrected chi connectivity index (χ3v) is 6.19. The number of ether oxygens (including phenoxy) is 2. The molecule has 0 spiro atoms. The van der Waals surface area contributed by atoms with Crippen LogP contribution in [0.4, 0.5) is 0 Å². The van der Waals surface area contributed by atoms with E-state index in [-0.39, 0.29) is 5.56 Å². The van der Waals surface area contributed by atoms with Gasteiger partial charge in [0.2, 0.25) is 0 Å². The topological polar surface area (TPSA) is 64.2 Å². The summed E-state index contributed by atoms with van der Waals surface area (Å²) in [6.45, 7) is 0. The Kier molecular flexibility index (Phi) is 4.93. The van der Waals surface area contributed by atoms with Crippen molar-refractivity contribution in [2.45, 2.75) is 25.7 Å². The Morgan fingerprint density at radius 3 is 2.59 bits per heavy atom. The molecule has 0 fully saturated rings. The first-order chi connectivity index (χ1) is 13.1. The van der Waals surface area contributed by atoms with Crippen molar-refractivity contribution in [3.8, 4) is 11.5 Å². The van der Waals surface area contributed by atoms with E-state index in [0.717, 1.165) is 35.0 Å². The number of aryl methyl sites for hydroxylation is 2. The van der Waals surface area contributed by atoms with Crippen molar-refractivity contribution in [1.29, 1.82) is 0 Å². The van der Waals surface area contributed by atoms with E-state index in [1.165, 1.54) is 16.9 Å². The molecule has 3 aromatic rings. The Bertz CT molecular complexity index is 1080. The van der Waals surface area contributed by atoms with Crippen LogP contribution < -0.4 is 15.0 Å². The molecular formula is C20H19ClN2O3S. The second-order valence-electron chi connectivity index (χ2n) is 6.44. The molecule has 0 bridgehead atoms. The van der Waals surface area contributed by atoms with Crippen LogP contribution in [0.1, 0.15) is 34.7 Å². The lowest BCUT2D eigenvalue weighted by Crippen LogP contribution is -2.12. The molecule has 0 saturated carbocycles. The third kappa shape index (κ3) is 3.47. The lowest BCUT2D eigenvalue weighted by Gasteiger charge is -2.09. The minimum atomic E-state index is -0.121. The fourth-order valence-corrected chi connectivity index (χ4v) is 4.88. The highest BCUT2D eigenvalue weighted by Gasteiger charge is 2.20. The van der Waals surface area contributed by atoms with Gasteiger partial charge in [0, 0.05) is 10.9 Å². The molecule has 7 heteroatoms. The summed E-state index contributed by atoms with van der Waals surface area (Å²) in [5, 5.41) is 1.08. The average Bonchev–Trinajstić information content (AvgIpc) is 3.06. The van der Waals surface area contributed by atoms with Crippen molar-refractivity contribution in [3.05, 3.63) is 50.4 Å². The second kappa shape index (κ2) is 7.37. The summed E-state index contributed by atoms with van der Waals surface area (Å²) in [4.78, 5) is 22.2. The van der Waals surface area contributed by atoms with Crippen LogP contribution >= 0.6 is 22.9 Å². The number of fused-ring (bicyclic) bond motifs is 3. The number of aromatic nitrogens is 2. The normalized spacial score (nSPS) is 14.3. The molecule has 2 heterocycles. The zero-order chi connectivity index (χ0) is 19.0. The lowest BCUT2D eigenvalue weighted by molar-refractivity contribution is 0.394. The lowest BCUT2D eigenvalue weighted by atomic mass is 9.97. The van der Waals surface area contributed by atoms with Gasteiger partial charge in [-0.3, -0.25) is 4.79 Å². The number of thiophene rings is 1. The van der Waals surface area contributed by atoms with E-state index in [9.17, 15) is 4.79 Å². The fourth-order valence-electron chi connectivity index (χ4n) is 3.40. The summed E-state index contributed by atoms with van der Waals surface area (Å²) in [7, 11) is 3.19. The maximum absolute atomic E-state index is 12.7. The smallest absolute Gasteiger partial charge is 0.260 e. The van der Waals surface area contributed by atoms with Gasteiger partial charge in [-0.2, -0.15) is 0 Å². The molecule has 0 amide bonds. The molecule has 2 aromatic heterocycles. The minimum absolute atomic E-state index is 0.121. The SMILES string of the molecule is COc1cc(/C=C(\Cl)c2nc3sc4c(c3c(=O)[nH]2)CCCC4)cc(OC)c1. The number of nitrogens with zero attached hydrogens (tertiary/aromatic N) is 1. The first-order valence-electron chi connectivity index (χ1n) is 8.74. The van der Waals surface area contributed by atoms with E-state index < -0.39 is 0 Å². The van der Waals surface area contributed by atoms with E-state index in [4.69, 9.17) is 21.1 Å². The van der Waals surface area contributed by atoms with Crippen molar-refractivity contribution >= 4 is 44.3 Å². The van der Waals surface area contributed by atoms with Crippen LogP contribution in [0.2, 0.25) is 0 Å². The first-order valence-corrected chi connectivity index (χ1v) is 9.93. The number of aromatic amines is 1. The largest absolute Gasteiger partial charge is 0.497 e. The van der Waals surface area contributed by atoms with E-state index in [1.807, 2.05) is 12.1 Å². The van der Waals surface area contributed by atoms with Crippen molar-refractivity contribution in [2.75, 3.05) is 14.2 Å². The maximum atomic E-state index is 12.7. The number of hydrogen-bond donors (Lipinski definition) is 1. The van der Waals surface area contributed by atoms with Gasteiger partial charge in [0.25, 0.3) is 5.56 Å². The summed E-state index contributed by atoms with van der Waals surface area (Å²) < 4.78 is 10.6. The molecule has 1 aliphatic rings. The van der Waals surface area contributed by atoms with E-state index in [1.54, 1.807) is 37.7 Å². The molecule has 0 unspecified atom stereocenters. The van der Waals surface area contributed by atoms with Gasteiger partial charge >= 0.3 is 0 Å². The predicted octanol–water partition coefficient (Wildman–Crippen LogP) is 4.62. The number of benzene rings is 1. The zero-order valence-corrected chi connectivity index (χ0v) is 16.7. The molecule has 0 atom stereocenters. The number of hydrogen-bond acceptors (Lipinski definition) is 5. The highest BCUT2D eigenvalue weighted by Crippen LogP contribution is 2.34. The summed E-state index contributed by atoms with van der Waals surface area (Å²) in [5.41, 5.74) is 1.84. The molecule has 0 radical (unpaired) electrons. The number of methoxy groups -OCH3 is 2. The van der Waals surface area contributed by atoms with Crippen LogP contribution in [0.25, 0.3) is 21.3 Å². The van der Waals surface area contributed by atoms with Gasteiger partial charge in [-0.25, -0.2) is 4.98 Å². The highest BCUT2D eigenvalue weighted by molar-refractivity contribution is 7.18. The van der Waals surface area contributed by atoms with Crippen LogP contribution in [-0.2, 0) is 12.8 Å². The minimum Gasteiger partial charge on any atom is -0.497 e. The van der Waals surface area contributed by atoms with Gasteiger partial charge in [-0.15, -0.1) is 11.3 Å². The Morgan fingerprint density at radius 1 is 1.19 bits per heavy atom. The van der Waals surface area contributed by atoms with Crippen molar-refractivity contribution in [2.24, 2.45) is 0 Å². The van der Waals surface area contributed by atoms with E-state index >= 15 is 0 Å². The molecule has 5 nitrogen and oxygen atoms in total. The summed E-state index contributed by atoms with van der Waals surface area (Å²) in [6.07, 6.45) is 6.01. The van der Waals surface area contributed by atoms with Gasteiger partial charge in [0.15, 0.2) is 5.82 Å². The first kappa shape index (κ1) is 18.1. The summed E-state index contributed by atoms with van der Waals surface area (Å²) in [5.74, 6) is 1.69. The molecule has 1 N–H and O–H groups in total. The molecule has 1 aromatic carbocycles. The van der Waals surface area contributed by atoms with Crippen molar-refractivity contribution < 1.29 is 9.47 Å². The highest BCUT2D eigenvalue weighted by atomic mass is 35.5. The Hall–Kier alpha value is -2.31. The average molecular weight is 403 g/mol. The number of halogens is 1. The standard InChI is InChI=1S/C20H19ClN2O3S/c1-25-12-7-11(8-13(10-12)26-2)9-15(21)18-22-19(24)17-14-5-3-4-6-16(14)27-20(17)23-18/h7-10H,3-6H2,1-2H3,(H,22,23,24)/b15-9-. The predicted molar refractivity (Wildman–Crippen MR) is 110 cm³/mol. The van der Waals surface area contributed by atoms with E-state index in [2.05, 4.69) is 9.97 Å². The zero-order valence-electron chi connectivity index (χ0n) is 15.1. The molecule has 27 heavy (non-hydrogen) atoms. The van der Waals surface area contributed by atoms with Crippen molar-refractivity contribution in [3.63, 3.8) is 0 Å². The number of nitrogens with one attached hydrogen (secondary N) is 1. The van der Waals surface area contributed by atoms with Gasteiger partial charge in [0.05, 0.1) is 24.6 Å². The van der Waals surface area contributed by atoms with Crippen molar-refractivity contribution in [1.82, 2.24) is 9.97 Å². The number of rotatable bonds is 4. The third-order valence-electron chi connectivity index (χ3n) is 4.72. The van der Waals surface area contributed by atoms with Crippen LogP contribution in [0, 0.1) is 0 Å². The van der Waals surface area contributed by atoms with Gasteiger partial charge in [0.1, 0.15) is 16.3 Å². The van der Waals surface area contributed by atoms with Crippen LogP contribution in [0.3, 0.4) is 0 Å². The molecule has 140 valence electrons. The van der Waals surface area contributed by atoms with Crippen LogP contribution in [0.5, 0.6) is 11.5 Å². The maximum Gasteiger partial charge on any atom is 0.260 e. The molecule has 0 saturated heterocycles. The molecular weight excluding hydrogens is 384 g/mol. The van der Waals surface area contributed by atoms with Crippen LogP contribution in [0.15, 0.2) is 23.0 Å².